The molecule has 2 rings (SSSR count). The minimum atomic E-state index is -0.401. The fourth-order valence-electron chi connectivity index (χ4n) is 2.64. The Labute approximate surface area is 132 Å². The second-order valence-electron chi connectivity index (χ2n) is 5.96. The van der Waals surface area contributed by atoms with Crippen molar-refractivity contribution in [3.8, 4) is 11.1 Å². The van der Waals surface area contributed by atoms with E-state index in [0.717, 1.165) is 6.54 Å². The number of hydrogen-bond donors (Lipinski definition) is 2. The monoisotopic (exact) mass is 299 g/mol. The van der Waals surface area contributed by atoms with Gasteiger partial charge in [0.1, 0.15) is 0 Å². The third kappa shape index (κ3) is 5.26. The van der Waals surface area contributed by atoms with Crippen molar-refractivity contribution in [2.75, 3.05) is 13.1 Å². The highest BCUT2D eigenvalue weighted by molar-refractivity contribution is 5.63. The van der Waals surface area contributed by atoms with Crippen molar-refractivity contribution in [1.82, 2.24) is 4.90 Å². The van der Waals surface area contributed by atoms with Gasteiger partial charge in [0.25, 0.3) is 0 Å². The Morgan fingerprint density at radius 2 is 1.27 bits per heavy atom. The number of hydrogen-bond acceptors (Lipinski definition) is 3. The Balaban J connectivity index is 2.05. The molecule has 118 valence electrons. The summed E-state index contributed by atoms with van der Waals surface area (Å²) >= 11 is 0. The molecule has 0 radical (unpaired) electrons. The topological polar surface area (TPSA) is 43.7 Å². The van der Waals surface area contributed by atoms with Crippen LogP contribution in [0.5, 0.6) is 0 Å². The minimum Gasteiger partial charge on any atom is -0.392 e. The summed E-state index contributed by atoms with van der Waals surface area (Å²) in [6.45, 7) is 5.39. The molecule has 0 amide bonds. The van der Waals surface area contributed by atoms with Crippen LogP contribution in [0.4, 0.5) is 0 Å². The van der Waals surface area contributed by atoms with Gasteiger partial charge >= 0.3 is 0 Å². The fourth-order valence-corrected chi connectivity index (χ4v) is 2.64. The summed E-state index contributed by atoms with van der Waals surface area (Å²) in [6, 6.07) is 18.7. The Morgan fingerprint density at radius 3 is 1.77 bits per heavy atom. The quantitative estimate of drug-likeness (QED) is 0.826. The molecule has 22 heavy (non-hydrogen) atoms. The SMILES string of the molecule is C[C@H](O)CN(Cc1ccc(-c2ccccc2)cc1)C[C@@H](C)O. The number of benzene rings is 2. The second kappa shape index (κ2) is 8.08. The van der Waals surface area contributed by atoms with Gasteiger partial charge in [0.15, 0.2) is 0 Å². The van der Waals surface area contributed by atoms with Crippen molar-refractivity contribution in [3.05, 3.63) is 60.2 Å². The maximum atomic E-state index is 9.58. The summed E-state index contributed by atoms with van der Waals surface area (Å²) in [7, 11) is 0. The maximum absolute atomic E-state index is 9.58. The lowest BCUT2D eigenvalue weighted by Gasteiger charge is -2.25. The van der Waals surface area contributed by atoms with E-state index >= 15 is 0 Å². The maximum Gasteiger partial charge on any atom is 0.0639 e. The first-order valence-electron chi connectivity index (χ1n) is 7.77. The molecule has 0 aromatic heterocycles. The van der Waals surface area contributed by atoms with E-state index in [1.54, 1.807) is 13.8 Å². The van der Waals surface area contributed by atoms with Gasteiger partial charge < -0.3 is 10.2 Å². The first kappa shape index (κ1) is 16.7. The van der Waals surface area contributed by atoms with E-state index in [0.29, 0.717) is 13.1 Å². The molecular formula is C19H25NO2. The van der Waals surface area contributed by atoms with E-state index in [4.69, 9.17) is 0 Å². The van der Waals surface area contributed by atoms with E-state index in [2.05, 4.69) is 41.3 Å². The van der Waals surface area contributed by atoms with Crippen molar-refractivity contribution < 1.29 is 10.2 Å². The van der Waals surface area contributed by atoms with Gasteiger partial charge in [-0.3, -0.25) is 4.90 Å². The summed E-state index contributed by atoms with van der Waals surface area (Å²) in [6.07, 6.45) is -0.801. The molecule has 0 spiro atoms. The zero-order valence-electron chi connectivity index (χ0n) is 13.3. The molecule has 0 heterocycles. The first-order valence-corrected chi connectivity index (χ1v) is 7.77. The summed E-state index contributed by atoms with van der Waals surface area (Å²) < 4.78 is 0. The number of nitrogens with zero attached hydrogens (tertiary/aromatic N) is 1. The predicted molar refractivity (Wildman–Crippen MR) is 90.5 cm³/mol. The first-order chi connectivity index (χ1) is 10.5. The zero-order valence-corrected chi connectivity index (χ0v) is 13.3. The van der Waals surface area contributed by atoms with Gasteiger partial charge in [0.2, 0.25) is 0 Å². The number of aliphatic hydroxyl groups is 2. The molecule has 0 unspecified atom stereocenters. The van der Waals surface area contributed by atoms with Crippen LogP contribution in [0.15, 0.2) is 54.6 Å². The molecule has 2 aromatic rings. The van der Waals surface area contributed by atoms with E-state index in [1.165, 1.54) is 16.7 Å². The highest BCUT2D eigenvalue weighted by Crippen LogP contribution is 2.19. The van der Waals surface area contributed by atoms with Crippen LogP contribution in [0.2, 0.25) is 0 Å². The second-order valence-corrected chi connectivity index (χ2v) is 5.96. The number of aliphatic hydroxyl groups excluding tert-OH is 2. The van der Waals surface area contributed by atoms with Crippen LogP contribution in [-0.2, 0) is 6.54 Å². The van der Waals surface area contributed by atoms with Gasteiger partial charge in [-0.2, -0.15) is 0 Å². The summed E-state index contributed by atoms with van der Waals surface area (Å²) in [4.78, 5) is 2.08. The van der Waals surface area contributed by atoms with Crippen LogP contribution in [0.3, 0.4) is 0 Å². The molecule has 2 aromatic carbocycles. The highest BCUT2D eigenvalue weighted by atomic mass is 16.3. The normalized spacial score (nSPS) is 14.0. The van der Waals surface area contributed by atoms with Crippen LogP contribution in [0.1, 0.15) is 19.4 Å². The number of rotatable bonds is 7. The molecule has 2 N–H and O–H groups in total. The lowest BCUT2D eigenvalue weighted by Crippen LogP contribution is -2.35. The van der Waals surface area contributed by atoms with Crippen molar-refractivity contribution in [3.63, 3.8) is 0 Å². The molecule has 0 fully saturated rings. The van der Waals surface area contributed by atoms with Crippen LogP contribution in [0, 0.1) is 0 Å². The summed E-state index contributed by atoms with van der Waals surface area (Å²) in [5.41, 5.74) is 3.59. The third-order valence-corrected chi connectivity index (χ3v) is 3.51. The van der Waals surface area contributed by atoms with Gasteiger partial charge in [0, 0.05) is 19.6 Å². The predicted octanol–water partition coefficient (Wildman–Crippen LogP) is 2.92. The van der Waals surface area contributed by atoms with Crippen LogP contribution >= 0.6 is 0 Å². The summed E-state index contributed by atoms with van der Waals surface area (Å²) in [5.74, 6) is 0. The van der Waals surface area contributed by atoms with Gasteiger partial charge in [-0.05, 0) is 30.5 Å². The van der Waals surface area contributed by atoms with Crippen molar-refractivity contribution in [1.29, 1.82) is 0 Å². The van der Waals surface area contributed by atoms with Crippen molar-refractivity contribution in [2.45, 2.75) is 32.6 Å². The average molecular weight is 299 g/mol. The highest BCUT2D eigenvalue weighted by Gasteiger charge is 2.11. The third-order valence-electron chi connectivity index (χ3n) is 3.51. The van der Waals surface area contributed by atoms with Crippen LogP contribution in [0.25, 0.3) is 11.1 Å². The molecule has 0 saturated carbocycles. The molecule has 0 bridgehead atoms. The molecule has 3 nitrogen and oxygen atoms in total. The lowest BCUT2D eigenvalue weighted by atomic mass is 10.0. The minimum absolute atomic E-state index is 0.401. The van der Waals surface area contributed by atoms with Crippen molar-refractivity contribution >= 4 is 0 Å². The van der Waals surface area contributed by atoms with E-state index in [9.17, 15) is 10.2 Å². The Hall–Kier alpha value is -1.68. The molecule has 0 aliphatic heterocycles. The molecular weight excluding hydrogens is 274 g/mol. The molecule has 2 atom stereocenters. The molecule has 3 heteroatoms. The van der Waals surface area contributed by atoms with E-state index in [1.807, 2.05) is 18.2 Å². The Bertz CT molecular complexity index is 539. The Morgan fingerprint density at radius 1 is 0.773 bits per heavy atom. The standard InChI is InChI=1S/C19H25NO2/c1-15(21)12-20(13-16(2)22)14-17-8-10-19(11-9-17)18-6-4-3-5-7-18/h3-11,15-16,21-22H,12-14H2,1-2H3/t15-,16+. The van der Waals surface area contributed by atoms with Gasteiger partial charge in [-0.15, -0.1) is 0 Å². The fraction of sp³-hybridized carbons (Fsp3) is 0.368. The smallest absolute Gasteiger partial charge is 0.0639 e. The molecule has 0 saturated heterocycles. The van der Waals surface area contributed by atoms with E-state index < -0.39 is 12.2 Å². The largest absolute Gasteiger partial charge is 0.392 e. The van der Waals surface area contributed by atoms with Crippen LogP contribution < -0.4 is 0 Å². The zero-order chi connectivity index (χ0) is 15.9. The van der Waals surface area contributed by atoms with Crippen LogP contribution in [-0.4, -0.2) is 40.4 Å². The van der Waals surface area contributed by atoms with E-state index in [-0.39, 0.29) is 0 Å². The van der Waals surface area contributed by atoms with Crippen molar-refractivity contribution in [2.24, 2.45) is 0 Å². The summed E-state index contributed by atoms with van der Waals surface area (Å²) in [5, 5.41) is 19.2. The van der Waals surface area contributed by atoms with Gasteiger partial charge in [0.05, 0.1) is 12.2 Å². The lowest BCUT2D eigenvalue weighted by molar-refractivity contribution is 0.0794. The van der Waals surface area contributed by atoms with Gasteiger partial charge in [-0.25, -0.2) is 0 Å². The average Bonchev–Trinajstić information content (AvgIpc) is 2.47. The molecule has 0 aliphatic rings. The van der Waals surface area contributed by atoms with Gasteiger partial charge in [-0.1, -0.05) is 54.6 Å². The molecule has 0 aliphatic carbocycles. The Kier molecular flexibility index (Phi) is 6.13.